The average Bonchev–Trinajstić information content (AvgIpc) is 2.76. The molecule has 2 aliphatic rings. The molecule has 4 rings (SSSR count). The Hall–Kier alpha value is -2.97. The Labute approximate surface area is 163 Å². The first-order valence-electron chi connectivity index (χ1n) is 9.78. The molecular weight excluding hydrogens is 358 g/mol. The van der Waals surface area contributed by atoms with Gasteiger partial charge in [0, 0.05) is 58.6 Å². The maximum Gasteiger partial charge on any atom is 0.274 e. The van der Waals surface area contributed by atoms with Crippen molar-refractivity contribution in [3.05, 3.63) is 40.4 Å². The number of carbonyl (C=O) groups is 1. The summed E-state index contributed by atoms with van der Waals surface area (Å²) in [5.74, 6) is 1.56. The highest BCUT2D eigenvalue weighted by atomic mass is 16.2. The van der Waals surface area contributed by atoms with E-state index in [0.717, 1.165) is 24.9 Å². The molecule has 148 valence electrons. The first kappa shape index (κ1) is 18.4. The zero-order chi connectivity index (χ0) is 19.5. The highest BCUT2D eigenvalue weighted by molar-refractivity contribution is 5.92. The van der Waals surface area contributed by atoms with Crippen LogP contribution in [0.2, 0.25) is 0 Å². The SMILES string of the molecule is Cn1nc(C(=O)N2CCN(c3ccnc(N4CCCCC4)n3)CC2)ccc1=O. The van der Waals surface area contributed by atoms with Gasteiger partial charge in [0.05, 0.1) is 0 Å². The molecule has 2 aliphatic heterocycles. The van der Waals surface area contributed by atoms with E-state index in [-0.39, 0.29) is 11.5 Å². The van der Waals surface area contributed by atoms with Crippen LogP contribution in [0.4, 0.5) is 11.8 Å². The van der Waals surface area contributed by atoms with Gasteiger partial charge >= 0.3 is 0 Å². The van der Waals surface area contributed by atoms with Gasteiger partial charge in [-0.25, -0.2) is 9.67 Å². The van der Waals surface area contributed by atoms with Gasteiger partial charge in [-0.15, -0.1) is 0 Å². The number of nitrogens with zero attached hydrogens (tertiary/aromatic N) is 7. The molecule has 0 bridgehead atoms. The molecule has 2 fully saturated rings. The second-order valence-corrected chi connectivity index (χ2v) is 7.22. The lowest BCUT2D eigenvalue weighted by molar-refractivity contribution is 0.0738. The van der Waals surface area contributed by atoms with Crippen molar-refractivity contribution < 1.29 is 4.79 Å². The molecular formula is C19H25N7O2. The van der Waals surface area contributed by atoms with E-state index < -0.39 is 0 Å². The lowest BCUT2D eigenvalue weighted by atomic mass is 10.1. The number of piperidine rings is 1. The fraction of sp³-hybridized carbons (Fsp3) is 0.526. The molecule has 1 amide bonds. The van der Waals surface area contributed by atoms with E-state index >= 15 is 0 Å². The Balaban J connectivity index is 1.40. The monoisotopic (exact) mass is 383 g/mol. The molecule has 0 radical (unpaired) electrons. The number of aromatic nitrogens is 4. The van der Waals surface area contributed by atoms with Crippen LogP contribution in [0, 0.1) is 0 Å². The first-order chi connectivity index (χ1) is 13.6. The summed E-state index contributed by atoms with van der Waals surface area (Å²) in [6.45, 7) is 4.61. The average molecular weight is 383 g/mol. The molecule has 0 spiro atoms. The van der Waals surface area contributed by atoms with Gasteiger partial charge in [0.25, 0.3) is 11.5 Å². The minimum Gasteiger partial charge on any atom is -0.353 e. The fourth-order valence-corrected chi connectivity index (χ4v) is 3.68. The number of aryl methyl sites for hydroxylation is 1. The van der Waals surface area contributed by atoms with Gasteiger partial charge in [-0.2, -0.15) is 10.1 Å². The maximum atomic E-state index is 12.7. The van der Waals surface area contributed by atoms with Crippen LogP contribution >= 0.6 is 0 Å². The van der Waals surface area contributed by atoms with Gasteiger partial charge in [-0.05, 0) is 31.4 Å². The topological polar surface area (TPSA) is 87.5 Å². The Morgan fingerprint density at radius 3 is 2.39 bits per heavy atom. The van der Waals surface area contributed by atoms with E-state index in [1.165, 1.54) is 36.1 Å². The number of hydrogen-bond donors (Lipinski definition) is 0. The molecule has 2 aromatic heterocycles. The van der Waals surface area contributed by atoms with Gasteiger partial charge in [0.1, 0.15) is 11.5 Å². The van der Waals surface area contributed by atoms with Crippen LogP contribution in [0.25, 0.3) is 0 Å². The van der Waals surface area contributed by atoms with Crippen LogP contribution in [0.5, 0.6) is 0 Å². The van der Waals surface area contributed by atoms with Crippen molar-refractivity contribution in [3.63, 3.8) is 0 Å². The quantitative estimate of drug-likeness (QED) is 0.764. The van der Waals surface area contributed by atoms with Crippen molar-refractivity contribution in [2.45, 2.75) is 19.3 Å². The normalized spacial score (nSPS) is 17.7. The molecule has 2 aromatic rings. The zero-order valence-corrected chi connectivity index (χ0v) is 16.1. The number of anilines is 2. The summed E-state index contributed by atoms with van der Waals surface area (Å²) >= 11 is 0. The van der Waals surface area contributed by atoms with Crippen LogP contribution in [-0.2, 0) is 7.05 Å². The lowest BCUT2D eigenvalue weighted by Gasteiger charge is -2.35. The fourth-order valence-electron chi connectivity index (χ4n) is 3.68. The maximum absolute atomic E-state index is 12.7. The minimum atomic E-state index is -0.227. The van der Waals surface area contributed by atoms with Gasteiger partial charge in [0.15, 0.2) is 0 Å². The Kier molecular flexibility index (Phi) is 5.23. The molecule has 0 N–H and O–H groups in total. The molecule has 0 aliphatic carbocycles. The summed E-state index contributed by atoms with van der Waals surface area (Å²) in [6, 6.07) is 4.80. The van der Waals surface area contributed by atoms with Crippen molar-refractivity contribution in [1.29, 1.82) is 0 Å². The van der Waals surface area contributed by atoms with Crippen LogP contribution in [0.3, 0.4) is 0 Å². The molecule has 0 saturated carbocycles. The number of hydrogen-bond acceptors (Lipinski definition) is 7. The Bertz CT molecular complexity index is 899. The Morgan fingerprint density at radius 1 is 0.929 bits per heavy atom. The third-order valence-electron chi connectivity index (χ3n) is 5.34. The van der Waals surface area contributed by atoms with Gasteiger partial charge in [-0.3, -0.25) is 9.59 Å². The minimum absolute atomic E-state index is 0.146. The smallest absolute Gasteiger partial charge is 0.274 e. The summed E-state index contributed by atoms with van der Waals surface area (Å²) < 4.78 is 1.19. The first-order valence-corrected chi connectivity index (χ1v) is 9.78. The summed E-state index contributed by atoms with van der Waals surface area (Å²) in [7, 11) is 1.55. The molecule has 0 aromatic carbocycles. The molecule has 28 heavy (non-hydrogen) atoms. The van der Waals surface area contributed by atoms with Crippen molar-refractivity contribution in [2.24, 2.45) is 7.05 Å². The summed E-state index contributed by atoms with van der Waals surface area (Å²) in [5, 5.41) is 4.06. The van der Waals surface area contributed by atoms with E-state index in [1.54, 1.807) is 11.9 Å². The van der Waals surface area contributed by atoms with Crippen LogP contribution in [0.1, 0.15) is 29.8 Å². The standard InChI is InChI=1S/C19H25N7O2/c1-23-17(27)6-5-15(22-23)18(28)25-13-11-24(12-14-25)16-7-8-20-19(21-16)26-9-3-2-4-10-26/h5-8H,2-4,9-14H2,1H3. The third kappa shape index (κ3) is 3.83. The lowest BCUT2D eigenvalue weighted by Crippen LogP contribution is -2.49. The van der Waals surface area contributed by atoms with Gasteiger partial charge in [0.2, 0.25) is 5.95 Å². The Morgan fingerprint density at radius 2 is 1.68 bits per heavy atom. The van der Waals surface area contributed by atoms with Crippen LogP contribution in [-0.4, -0.2) is 69.8 Å². The molecule has 2 saturated heterocycles. The van der Waals surface area contributed by atoms with Crippen LogP contribution in [0.15, 0.2) is 29.2 Å². The molecule has 4 heterocycles. The van der Waals surface area contributed by atoms with Crippen molar-refractivity contribution in [2.75, 3.05) is 49.1 Å². The van der Waals surface area contributed by atoms with E-state index in [1.807, 2.05) is 12.3 Å². The molecule has 0 atom stereocenters. The van der Waals surface area contributed by atoms with Crippen LogP contribution < -0.4 is 15.4 Å². The molecule has 9 nitrogen and oxygen atoms in total. The largest absolute Gasteiger partial charge is 0.353 e. The second kappa shape index (κ2) is 7.95. The predicted molar refractivity (Wildman–Crippen MR) is 106 cm³/mol. The second-order valence-electron chi connectivity index (χ2n) is 7.22. The van der Waals surface area contributed by atoms with E-state index in [2.05, 4.69) is 19.9 Å². The van der Waals surface area contributed by atoms with Crippen molar-refractivity contribution in [3.8, 4) is 0 Å². The van der Waals surface area contributed by atoms with E-state index in [9.17, 15) is 9.59 Å². The molecule has 9 heteroatoms. The predicted octanol–water partition coefficient (Wildman–Crippen LogP) is 0.523. The third-order valence-corrected chi connectivity index (χ3v) is 5.34. The number of carbonyl (C=O) groups excluding carboxylic acids is 1. The summed E-state index contributed by atoms with van der Waals surface area (Å²) in [4.78, 5) is 39.5. The van der Waals surface area contributed by atoms with Gasteiger partial charge in [-0.1, -0.05) is 0 Å². The van der Waals surface area contributed by atoms with Crippen molar-refractivity contribution >= 4 is 17.7 Å². The highest BCUT2D eigenvalue weighted by Gasteiger charge is 2.24. The van der Waals surface area contributed by atoms with Gasteiger partial charge < -0.3 is 14.7 Å². The number of amides is 1. The summed E-state index contributed by atoms with van der Waals surface area (Å²) in [5.41, 5.74) is 0.0691. The molecule has 0 unspecified atom stereocenters. The number of rotatable bonds is 3. The highest BCUT2D eigenvalue weighted by Crippen LogP contribution is 2.20. The summed E-state index contributed by atoms with van der Waals surface area (Å²) in [6.07, 6.45) is 5.47. The van der Waals surface area contributed by atoms with E-state index in [4.69, 9.17) is 4.98 Å². The van der Waals surface area contributed by atoms with E-state index in [0.29, 0.717) is 31.9 Å². The zero-order valence-electron chi connectivity index (χ0n) is 16.1. The number of piperazine rings is 1. The van der Waals surface area contributed by atoms with Crippen molar-refractivity contribution in [1.82, 2.24) is 24.6 Å².